The minimum Gasteiger partial charge on any atom is -0.480 e. The van der Waals surface area contributed by atoms with Crippen LogP contribution in [0.1, 0.15) is 123 Å². The van der Waals surface area contributed by atoms with Crippen LogP contribution < -0.4 is 5.73 Å². The number of aliphatic hydroxyl groups is 1. The Bertz CT molecular complexity index is 1510. The maximum Gasteiger partial charge on any atom is 0.472 e. The van der Waals surface area contributed by atoms with Crippen LogP contribution in [0.3, 0.4) is 0 Å². The second-order valence-electron chi connectivity index (χ2n) is 13.9. The summed E-state index contributed by atoms with van der Waals surface area (Å²) in [6.45, 7) is 2.37. The Balaban J connectivity index is 4.62. The molecule has 5 N–H and O–H groups in total. The monoisotopic (exact) mass is 871 g/mol. The van der Waals surface area contributed by atoms with Crippen molar-refractivity contribution in [3.8, 4) is 0 Å². The zero-order valence-corrected chi connectivity index (χ0v) is 37.4. The lowest BCUT2D eigenvalue weighted by molar-refractivity contribution is -0.161. The lowest BCUT2D eigenvalue weighted by Crippen LogP contribution is -2.34. The topological polar surface area (TPSA) is 192 Å². The summed E-state index contributed by atoms with van der Waals surface area (Å²) < 4.78 is 32.6. The molecule has 0 aliphatic heterocycles. The van der Waals surface area contributed by atoms with E-state index >= 15 is 0 Å². The van der Waals surface area contributed by atoms with Gasteiger partial charge in [-0.2, -0.15) is 0 Å². The van der Waals surface area contributed by atoms with Crippen molar-refractivity contribution in [3.05, 3.63) is 122 Å². The number of hydrogen-bond acceptors (Lipinski definition) is 10. The Morgan fingerprint density at radius 1 is 0.590 bits per heavy atom. The van der Waals surface area contributed by atoms with Gasteiger partial charge in [-0.1, -0.05) is 148 Å². The number of carboxylic acids is 1. The summed E-state index contributed by atoms with van der Waals surface area (Å²) in [5.41, 5.74) is 5.32. The molecule has 0 bridgehead atoms. The standard InChI is InChI=1S/C48H74NO11P/c1-3-5-7-9-11-12-13-14-15-16-17-18-19-23-26-30-34-38-46(51)57-40-44(41-58-61(55,56)59-42-45(49)48(53)54)60-47(52)39-35-31-27-24-21-20-22-25-29-33-37-43(50)36-32-28-10-8-6-4-2/h5-8,11-12,14-15,17-18,20-21,25,27-29,31-33,37,43-45,50H,3-4,9-10,13,16,19,22-24,26,30,34-36,38-42,49H2,1-2H3,(H,53,54)(H,55,56)/b7-5-,8-6-,12-11-,15-14-,18-17-,21-20-,29-25-,31-27-,32-28-,37-33+/t43?,44-,45+/m1/s1. The fourth-order valence-corrected chi connectivity index (χ4v) is 5.71. The highest BCUT2D eigenvalue weighted by molar-refractivity contribution is 7.47. The number of carboxylic acid groups (broad SMARTS) is 1. The highest BCUT2D eigenvalue weighted by Crippen LogP contribution is 2.43. The quantitative estimate of drug-likeness (QED) is 0.0151. The van der Waals surface area contributed by atoms with E-state index in [0.29, 0.717) is 25.7 Å². The number of hydrogen-bond donors (Lipinski definition) is 4. The van der Waals surface area contributed by atoms with Gasteiger partial charge in [0.15, 0.2) is 6.10 Å². The van der Waals surface area contributed by atoms with Crippen LogP contribution in [0.15, 0.2) is 122 Å². The smallest absolute Gasteiger partial charge is 0.472 e. The van der Waals surface area contributed by atoms with Gasteiger partial charge >= 0.3 is 25.7 Å². The Hall–Kier alpha value is -4.16. The highest BCUT2D eigenvalue weighted by atomic mass is 31.2. The van der Waals surface area contributed by atoms with Gasteiger partial charge in [-0.15, -0.1) is 0 Å². The van der Waals surface area contributed by atoms with E-state index in [1.165, 1.54) is 0 Å². The summed E-state index contributed by atoms with van der Waals surface area (Å²) in [6.07, 6.45) is 51.6. The molecule has 0 aliphatic carbocycles. The molecule has 0 radical (unpaired) electrons. The third-order valence-corrected chi connectivity index (χ3v) is 9.25. The summed E-state index contributed by atoms with van der Waals surface area (Å²) in [4.78, 5) is 45.9. The first-order valence-corrected chi connectivity index (χ1v) is 23.2. The van der Waals surface area contributed by atoms with Gasteiger partial charge in [-0.05, 0) is 83.5 Å². The molecule has 2 unspecified atom stereocenters. The average Bonchev–Trinajstić information content (AvgIpc) is 3.23. The molecule has 0 spiro atoms. The molecule has 12 nitrogen and oxygen atoms in total. The number of rotatable bonds is 38. The van der Waals surface area contributed by atoms with Crippen molar-refractivity contribution in [2.24, 2.45) is 5.73 Å². The average molecular weight is 872 g/mol. The Kier molecular flexibility index (Phi) is 38.4. The van der Waals surface area contributed by atoms with Crippen LogP contribution >= 0.6 is 7.82 Å². The molecular weight excluding hydrogens is 797 g/mol. The Labute approximate surface area is 365 Å². The third-order valence-electron chi connectivity index (χ3n) is 8.30. The first-order chi connectivity index (χ1) is 29.5. The van der Waals surface area contributed by atoms with Gasteiger partial charge in [-0.3, -0.25) is 23.4 Å². The Morgan fingerprint density at radius 3 is 1.69 bits per heavy atom. The number of ether oxygens (including phenoxy) is 2. The zero-order valence-electron chi connectivity index (χ0n) is 36.6. The Morgan fingerprint density at radius 2 is 1.10 bits per heavy atom. The molecule has 0 saturated heterocycles. The van der Waals surface area contributed by atoms with E-state index in [0.717, 1.165) is 70.6 Å². The third kappa shape index (κ3) is 41.0. The number of carbonyl (C=O) groups is 3. The predicted octanol–water partition coefficient (Wildman–Crippen LogP) is 10.6. The lowest BCUT2D eigenvalue weighted by atomic mass is 10.1. The van der Waals surface area contributed by atoms with Crippen molar-refractivity contribution in [1.29, 1.82) is 0 Å². The van der Waals surface area contributed by atoms with Crippen molar-refractivity contribution in [3.63, 3.8) is 0 Å². The van der Waals surface area contributed by atoms with Gasteiger partial charge in [-0.25, -0.2) is 4.57 Å². The zero-order chi connectivity index (χ0) is 45.1. The fraction of sp³-hybridized carbons (Fsp3) is 0.521. The maximum atomic E-state index is 12.6. The van der Waals surface area contributed by atoms with Crippen molar-refractivity contribution in [2.75, 3.05) is 19.8 Å². The molecule has 0 aromatic carbocycles. The number of aliphatic hydroxyl groups excluding tert-OH is 1. The van der Waals surface area contributed by atoms with E-state index in [9.17, 15) is 28.9 Å². The van der Waals surface area contributed by atoms with E-state index in [1.807, 2.05) is 54.7 Å². The summed E-state index contributed by atoms with van der Waals surface area (Å²) in [5, 5.41) is 18.9. The van der Waals surface area contributed by atoms with E-state index in [4.69, 9.17) is 24.8 Å². The maximum absolute atomic E-state index is 12.6. The number of aliphatic carboxylic acids is 1. The normalized spacial score (nSPS) is 15.4. The van der Waals surface area contributed by atoms with Gasteiger partial charge in [0.1, 0.15) is 12.6 Å². The predicted molar refractivity (Wildman–Crippen MR) is 245 cm³/mol. The van der Waals surface area contributed by atoms with Crippen LogP contribution in [0.5, 0.6) is 0 Å². The van der Waals surface area contributed by atoms with E-state index < -0.39 is 63.8 Å². The second kappa shape index (κ2) is 41.2. The molecule has 0 saturated carbocycles. The van der Waals surface area contributed by atoms with E-state index in [2.05, 4.69) is 79.1 Å². The van der Waals surface area contributed by atoms with Crippen molar-refractivity contribution < 1.29 is 52.6 Å². The minimum atomic E-state index is -4.77. The highest BCUT2D eigenvalue weighted by Gasteiger charge is 2.28. The number of carbonyl (C=O) groups excluding carboxylic acids is 2. The van der Waals surface area contributed by atoms with E-state index in [1.54, 1.807) is 6.08 Å². The van der Waals surface area contributed by atoms with Crippen molar-refractivity contribution >= 4 is 25.7 Å². The first-order valence-electron chi connectivity index (χ1n) is 21.7. The number of esters is 2. The molecule has 0 aromatic rings. The number of allylic oxidation sites excluding steroid dienone is 18. The molecular formula is C48H74NO11P. The largest absolute Gasteiger partial charge is 0.480 e. The van der Waals surface area contributed by atoms with Gasteiger partial charge in [0.25, 0.3) is 0 Å². The molecule has 0 amide bonds. The molecule has 0 aliphatic rings. The van der Waals surface area contributed by atoms with Crippen LogP contribution in [-0.4, -0.2) is 71.1 Å². The molecule has 13 heteroatoms. The van der Waals surface area contributed by atoms with Gasteiger partial charge in [0, 0.05) is 12.8 Å². The second-order valence-corrected chi connectivity index (χ2v) is 15.4. The molecule has 61 heavy (non-hydrogen) atoms. The molecule has 0 aromatic heterocycles. The lowest BCUT2D eigenvalue weighted by Gasteiger charge is -2.20. The fourth-order valence-electron chi connectivity index (χ4n) is 4.93. The minimum absolute atomic E-state index is 0.00105. The molecule has 0 fully saturated rings. The van der Waals surface area contributed by atoms with Crippen LogP contribution in [0.2, 0.25) is 0 Å². The van der Waals surface area contributed by atoms with Gasteiger partial charge in [0.2, 0.25) is 0 Å². The molecule has 0 heterocycles. The van der Waals surface area contributed by atoms with Crippen LogP contribution in [0.4, 0.5) is 0 Å². The number of phosphoric acid groups is 1. The molecule has 0 rings (SSSR count). The SMILES string of the molecule is CC/C=C\C/C=C\C/C=C\C/C=C\CCCCCCC(=O)OC[C@H](COP(=O)(O)OC[C@H](N)C(=O)O)OC(=O)CC/C=C\C/C=C\C/C=C\C=C\C(O)C/C=C\C/C=C\CC. The number of unbranched alkanes of at least 4 members (excludes halogenated alkanes) is 4. The van der Waals surface area contributed by atoms with Gasteiger partial charge < -0.3 is 30.3 Å². The first kappa shape index (κ1) is 56.8. The number of phosphoric ester groups is 1. The summed E-state index contributed by atoms with van der Waals surface area (Å²) >= 11 is 0. The van der Waals surface area contributed by atoms with Crippen molar-refractivity contribution in [1.82, 2.24) is 0 Å². The molecule has 342 valence electrons. The summed E-state index contributed by atoms with van der Waals surface area (Å²) in [7, 11) is -4.77. The summed E-state index contributed by atoms with van der Waals surface area (Å²) in [5.74, 6) is -2.58. The number of nitrogens with two attached hydrogens (primary N) is 1. The van der Waals surface area contributed by atoms with Crippen LogP contribution in [-0.2, 0) is 37.5 Å². The van der Waals surface area contributed by atoms with E-state index in [-0.39, 0.29) is 12.8 Å². The van der Waals surface area contributed by atoms with Crippen molar-refractivity contribution in [2.45, 2.75) is 141 Å². The van der Waals surface area contributed by atoms with Crippen LogP contribution in [0.25, 0.3) is 0 Å². The van der Waals surface area contributed by atoms with Gasteiger partial charge in [0.05, 0.1) is 19.3 Å². The summed E-state index contributed by atoms with van der Waals surface area (Å²) in [6, 6.07) is -1.55. The molecule has 4 atom stereocenters. The van der Waals surface area contributed by atoms with Crippen LogP contribution in [0, 0.1) is 0 Å².